The van der Waals surface area contributed by atoms with Crippen LogP contribution in [0.1, 0.15) is 39.7 Å². The molecule has 1 N–H and O–H groups in total. The first-order valence-electron chi connectivity index (χ1n) is 12.6. The summed E-state index contributed by atoms with van der Waals surface area (Å²) in [7, 11) is 0. The predicted octanol–water partition coefficient (Wildman–Crippen LogP) is 5.04. The topological polar surface area (TPSA) is 103 Å². The Balaban J connectivity index is 1.13. The smallest absolute Gasteiger partial charge is 0.365 e. The molecule has 2 aliphatic heterocycles. The van der Waals surface area contributed by atoms with E-state index in [2.05, 4.69) is 20.9 Å². The van der Waals surface area contributed by atoms with Gasteiger partial charge in [0.25, 0.3) is 0 Å². The van der Waals surface area contributed by atoms with Crippen molar-refractivity contribution < 1.29 is 23.8 Å². The van der Waals surface area contributed by atoms with Gasteiger partial charge in [-0.15, -0.1) is 0 Å². The second-order valence-electron chi connectivity index (χ2n) is 9.47. The van der Waals surface area contributed by atoms with Gasteiger partial charge in [0, 0.05) is 36.3 Å². The number of thiazole rings is 1. The minimum atomic E-state index is -1.04. The minimum Gasteiger partial charge on any atom is -0.476 e. The molecule has 202 valence electrons. The van der Waals surface area contributed by atoms with Gasteiger partial charge in [0.1, 0.15) is 18.2 Å². The van der Waals surface area contributed by atoms with E-state index in [4.69, 9.17) is 26.1 Å². The number of carboxylic acid groups (broad SMARTS) is 1. The Kier molecular flexibility index (Phi) is 7.30. The highest BCUT2D eigenvalue weighted by atomic mass is 35.5. The lowest BCUT2D eigenvalue weighted by molar-refractivity contribution is -0.0592. The Morgan fingerprint density at radius 2 is 2.13 bits per heavy atom. The standard InChI is InChI=1S/C27H25ClFN5O4S/c28-18-5-4-17(20(29)12-18)15-38-23-3-1-2-21(30-23)16-6-9-33(10-7-16)14-22-31-25-24(32-26(39-25)27(35)36)34(22)13-19-8-11-37-19/h1-6,12,19H,7-11,13-15H2,(H,35,36)/t19-/m0/s1. The van der Waals surface area contributed by atoms with Gasteiger partial charge in [-0.05, 0) is 36.6 Å². The number of pyridine rings is 1. The third-order valence-electron chi connectivity index (χ3n) is 6.85. The van der Waals surface area contributed by atoms with E-state index in [-0.39, 0.29) is 17.7 Å². The van der Waals surface area contributed by atoms with Crippen molar-refractivity contribution in [2.24, 2.45) is 0 Å². The Labute approximate surface area is 232 Å². The summed E-state index contributed by atoms with van der Waals surface area (Å²) in [5, 5.41) is 9.73. The maximum absolute atomic E-state index is 14.1. The Morgan fingerprint density at radius 1 is 1.26 bits per heavy atom. The quantitative estimate of drug-likeness (QED) is 0.299. The number of aromatic nitrogens is 4. The van der Waals surface area contributed by atoms with Gasteiger partial charge in [-0.3, -0.25) is 4.90 Å². The predicted molar refractivity (Wildman–Crippen MR) is 145 cm³/mol. The zero-order chi connectivity index (χ0) is 26.9. The molecule has 5 heterocycles. The monoisotopic (exact) mass is 569 g/mol. The first kappa shape index (κ1) is 25.9. The maximum atomic E-state index is 14.1. The number of rotatable bonds is 9. The number of nitrogens with zero attached hydrogens (tertiary/aromatic N) is 5. The molecule has 12 heteroatoms. The van der Waals surface area contributed by atoms with Crippen LogP contribution in [-0.2, 0) is 24.4 Å². The van der Waals surface area contributed by atoms with Crippen LogP contribution in [0, 0.1) is 5.82 Å². The van der Waals surface area contributed by atoms with E-state index in [0.717, 1.165) is 54.4 Å². The Hall–Kier alpha value is -3.38. The molecule has 1 fully saturated rings. The van der Waals surface area contributed by atoms with Gasteiger partial charge in [0.15, 0.2) is 10.5 Å². The van der Waals surface area contributed by atoms with Crippen LogP contribution in [0.25, 0.3) is 16.1 Å². The van der Waals surface area contributed by atoms with Crippen LogP contribution in [0.4, 0.5) is 4.39 Å². The summed E-state index contributed by atoms with van der Waals surface area (Å²) in [5.74, 6) is -0.165. The summed E-state index contributed by atoms with van der Waals surface area (Å²) in [4.78, 5) is 28.0. The van der Waals surface area contributed by atoms with E-state index < -0.39 is 11.8 Å². The lowest BCUT2D eigenvalue weighted by Gasteiger charge is -2.29. The Bertz CT molecular complexity index is 1570. The number of ether oxygens (including phenoxy) is 2. The average molecular weight is 570 g/mol. The van der Waals surface area contributed by atoms with E-state index >= 15 is 0 Å². The van der Waals surface area contributed by atoms with Crippen LogP contribution < -0.4 is 4.74 Å². The number of fused-ring (bicyclic) bond motifs is 1. The highest BCUT2D eigenvalue weighted by Gasteiger charge is 2.26. The molecular weight excluding hydrogens is 545 g/mol. The maximum Gasteiger partial charge on any atom is 0.365 e. The zero-order valence-electron chi connectivity index (χ0n) is 20.8. The summed E-state index contributed by atoms with van der Waals surface area (Å²) in [6.45, 7) is 3.55. The third kappa shape index (κ3) is 5.67. The van der Waals surface area contributed by atoms with E-state index in [1.54, 1.807) is 18.2 Å². The van der Waals surface area contributed by atoms with Crippen LogP contribution in [0.2, 0.25) is 5.02 Å². The lowest BCUT2D eigenvalue weighted by Crippen LogP contribution is -2.33. The summed E-state index contributed by atoms with van der Waals surface area (Å²) < 4.78 is 27.5. The molecule has 2 aliphatic rings. The van der Waals surface area contributed by atoms with Crippen molar-refractivity contribution in [3.05, 3.63) is 75.4 Å². The summed E-state index contributed by atoms with van der Waals surface area (Å²) in [6, 6.07) is 10.1. The van der Waals surface area contributed by atoms with E-state index in [1.807, 2.05) is 16.7 Å². The van der Waals surface area contributed by atoms with Crippen molar-refractivity contribution in [3.8, 4) is 5.88 Å². The normalized spacial score (nSPS) is 17.7. The van der Waals surface area contributed by atoms with E-state index in [9.17, 15) is 14.3 Å². The van der Waals surface area contributed by atoms with Crippen molar-refractivity contribution in [2.45, 2.75) is 38.6 Å². The second kappa shape index (κ2) is 11.0. The molecule has 4 aromatic rings. The first-order valence-corrected chi connectivity index (χ1v) is 13.8. The first-order chi connectivity index (χ1) is 18.9. The van der Waals surface area contributed by atoms with Gasteiger partial charge in [-0.1, -0.05) is 41.1 Å². The molecule has 0 saturated carbocycles. The average Bonchev–Trinajstić information content (AvgIpc) is 3.45. The molecule has 9 nitrogen and oxygen atoms in total. The van der Waals surface area contributed by atoms with Gasteiger partial charge in [0.05, 0.1) is 24.9 Å². The molecule has 6 rings (SSSR count). The van der Waals surface area contributed by atoms with Gasteiger partial charge >= 0.3 is 5.97 Å². The number of benzene rings is 1. The Morgan fingerprint density at radius 3 is 2.85 bits per heavy atom. The molecule has 1 aromatic carbocycles. The third-order valence-corrected chi connectivity index (χ3v) is 8.02. The van der Waals surface area contributed by atoms with Crippen molar-refractivity contribution in [1.82, 2.24) is 24.4 Å². The zero-order valence-corrected chi connectivity index (χ0v) is 22.4. The molecule has 0 spiro atoms. The SMILES string of the molecule is O=C(O)c1nc2c(nc(CN3CC=C(c4cccc(OCc5ccc(Cl)cc5F)n4)CC3)n2C[C@@H]2CCO2)s1. The number of hydrogen-bond acceptors (Lipinski definition) is 8. The molecule has 0 amide bonds. The second-order valence-corrected chi connectivity index (χ2v) is 10.9. The van der Waals surface area contributed by atoms with Crippen LogP contribution >= 0.6 is 22.9 Å². The molecule has 0 radical (unpaired) electrons. The number of aromatic carboxylic acids is 1. The summed E-state index contributed by atoms with van der Waals surface area (Å²) in [6.07, 6.45) is 4.01. The number of carbonyl (C=O) groups is 1. The summed E-state index contributed by atoms with van der Waals surface area (Å²) >= 11 is 6.92. The molecular formula is C27H25ClFN5O4S. The minimum absolute atomic E-state index is 0.0462. The van der Waals surface area contributed by atoms with Gasteiger partial charge in [-0.25, -0.2) is 24.1 Å². The van der Waals surface area contributed by atoms with Crippen LogP contribution in [0.5, 0.6) is 5.88 Å². The summed E-state index contributed by atoms with van der Waals surface area (Å²) in [5.41, 5.74) is 2.97. The van der Waals surface area contributed by atoms with Crippen LogP contribution in [0.3, 0.4) is 0 Å². The van der Waals surface area contributed by atoms with Crippen molar-refractivity contribution >= 4 is 45.0 Å². The molecule has 0 bridgehead atoms. The van der Waals surface area contributed by atoms with Gasteiger partial charge in [-0.2, -0.15) is 0 Å². The molecule has 39 heavy (non-hydrogen) atoms. The highest BCUT2D eigenvalue weighted by Crippen LogP contribution is 2.28. The molecule has 3 aromatic heterocycles. The van der Waals surface area contributed by atoms with Gasteiger partial charge in [0.2, 0.25) is 10.9 Å². The number of hydrogen-bond donors (Lipinski definition) is 1. The van der Waals surface area contributed by atoms with Crippen LogP contribution in [0.15, 0.2) is 42.5 Å². The lowest BCUT2D eigenvalue weighted by atomic mass is 10.0. The van der Waals surface area contributed by atoms with Crippen molar-refractivity contribution in [2.75, 3.05) is 19.7 Å². The van der Waals surface area contributed by atoms with Crippen LogP contribution in [-0.4, -0.2) is 61.3 Å². The van der Waals surface area contributed by atoms with E-state index in [1.165, 1.54) is 6.07 Å². The molecule has 1 atom stereocenters. The fourth-order valence-electron chi connectivity index (χ4n) is 4.64. The van der Waals surface area contributed by atoms with Crippen molar-refractivity contribution in [1.29, 1.82) is 0 Å². The number of halogens is 2. The number of carboxylic acids is 1. The fourth-order valence-corrected chi connectivity index (χ4v) is 5.60. The van der Waals surface area contributed by atoms with Crippen molar-refractivity contribution in [3.63, 3.8) is 0 Å². The van der Waals surface area contributed by atoms with E-state index in [0.29, 0.717) is 46.6 Å². The molecule has 0 aliphatic carbocycles. The largest absolute Gasteiger partial charge is 0.476 e. The number of imidazole rings is 1. The molecule has 1 saturated heterocycles. The fraction of sp³-hybridized carbons (Fsp3) is 0.333. The molecule has 0 unspecified atom stereocenters. The highest BCUT2D eigenvalue weighted by molar-refractivity contribution is 7.19. The van der Waals surface area contributed by atoms with Gasteiger partial charge < -0.3 is 19.1 Å².